The number of allylic oxidation sites excluding steroid dienone is 1. The summed E-state index contributed by atoms with van der Waals surface area (Å²) in [5.74, 6) is -0.721. The summed E-state index contributed by atoms with van der Waals surface area (Å²) in [6.45, 7) is 8.95. The predicted octanol–water partition coefficient (Wildman–Crippen LogP) is 5.20. The van der Waals surface area contributed by atoms with Gasteiger partial charge in [0.2, 0.25) is 0 Å². The second-order valence-electron chi connectivity index (χ2n) is 6.65. The van der Waals surface area contributed by atoms with Crippen molar-refractivity contribution in [1.29, 1.82) is 0 Å². The molecule has 1 amide bonds. The molecule has 1 aromatic carbocycles. The lowest BCUT2D eigenvalue weighted by Gasteiger charge is -2.21. The van der Waals surface area contributed by atoms with Crippen LogP contribution in [0.3, 0.4) is 0 Å². The van der Waals surface area contributed by atoms with Crippen LogP contribution >= 0.6 is 11.6 Å². The van der Waals surface area contributed by atoms with Gasteiger partial charge in [0.05, 0.1) is 11.2 Å². The van der Waals surface area contributed by atoms with Crippen LogP contribution in [-0.4, -0.2) is 20.8 Å². The highest BCUT2D eigenvalue weighted by atomic mass is 35.5. The van der Waals surface area contributed by atoms with Gasteiger partial charge in [0.15, 0.2) is 0 Å². The largest absolute Gasteiger partial charge is 0.464 e. The van der Waals surface area contributed by atoms with Crippen molar-refractivity contribution in [2.45, 2.75) is 27.3 Å². The number of benzene rings is 1. The van der Waals surface area contributed by atoms with Crippen molar-refractivity contribution < 1.29 is 14.3 Å². The fourth-order valence-corrected chi connectivity index (χ4v) is 3.50. The van der Waals surface area contributed by atoms with E-state index in [1.165, 1.54) is 19.1 Å². The summed E-state index contributed by atoms with van der Waals surface area (Å²) < 4.78 is 16.2. The third-order valence-electron chi connectivity index (χ3n) is 4.66. The number of hydrogen-bond donors (Lipinski definition) is 1. The SMILES string of the molecule is C=C(C)N(C(=O)O)c1cc(-c2cc3cnc(Cl)cc3n(CC)c2=O)c(C)cc1F. The first kappa shape index (κ1) is 20.5. The van der Waals surface area contributed by atoms with Crippen molar-refractivity contribution in [2.75, 3.05) is 4.90 Å². The average Bonchev–Trinajstić information content (AvgIpc) is 2.63. The molecule has 0 aliphatic carbocycles. The van der Waals surface area contributed by atoms with Crippen LogP contribution in [0.2, 0.25) is 5.15 Å². The Kier molecular flexibility index (Phi) is 5.44. The highest BCUT2D eigenvalue weighted by molar-refractivity contribution is 6.30. The molecule has 3 aromatic rings. The zero-order chi connectivity index (χ0) is 21.5. The third kappa shape index (κ3) is 3.61. The van der Waals surface area contributed by atoms with E-state index < -0.39 is 11.9 Å². The minimum atomic E-state index is -1.37. The Morgan fingerprint density at radius 1 is 1.31 bits per heavy atom. The molecular weight excluding hydrogens is 397 g/mol. The minimum absolute atomic E-state index is 0.134. The number of carbonyl (C=O) groups is 1. The number of rotatable bonds is 4. The van der Waals surface area contributed by atoms with Crippen LogP contribution in [0.4, 0.5) is 14.9 Å². The number of hydrogen-bond acceptors (Lipinski definition) is 3. The van der Waals surface area contributed by atoms with Gasteiger partial charge in [-0.2, -0.15) is 0 Å². The van der Waals surface area contributed by atoms with Crippen molar-refractivity contribution >= 4 is 34.3 Å². The quantitative estimate of drug-likeness (QED) is 0.594. The molecule has 0 atom stereocenters. The normalized spacial score (nSPS) is 10.9. The van der Waals surface area contributed by atoms with Crippen molar-refractivity contribution in [3.63, 3.8) is 0 Å². The first-order valence-electron chi connectivity index (χ1n) is 8.83. The number of aryl methyl sites for hydroxylation is 2. The van der Waals surface area contributed by atoms with E-state index in [4.69, 9.17) is 11.6 Å². The number of amides is 1. The van der Waals surface area contributed by atoms with Crippen LogP contribution in [-0.2, 0) is 6.54 Å². The Hall–Kier alpha value is -3.19. The molecule has 3 rings (SSSR count). The molecule has 0 spiro atoms. The van der Waals surface area contributed by atoms with Crippen LogP contribution in [0.1, 0.15) is 19.4 Å². The van der Waals surface area contributed by atoms with Crippen molar-refractivity contribution in [1.82, 2.24) is 9.55 Å². The molecule has 0 aliphatic rings. The van der Waals surface area contributed by atoms with E-state index in [9.17, 15) is 19.1 Å². The fourth-order valence-electron chi connectivity index (χ4n) is 3.35. The summed E-state index contributed by atoms with van der Waals surface area (Å²) in [7, 11) is 0. The molecule has 2 heterocycles. The number of halogens is 2. The number of aromatic nitrogens is 2. The van der Waals surface area contributed by atoms with Crippen LogP contribution < -0.4 is 10.5 Å². The van der Waals surface area contributed by atoms with E-state index in [1.54, 1.807) is 29.8 Å². The third-order valence-corrected chi connectivity index (χ3v) is 4.87. The summed E-state index contributed by atoms with van der Waals surface area (Å²) in [5, 5.41) is 10.4. The molecule has 150 valence electrons. The maximum Gasteiger partial charge on any atom is 0.416 e. The number of pyridine rings is 2. The number of fused-ring (bicyclic) bond motifs is 1. The van der Waals surface area contributed by atoms with Crippen LogP contribution in [0.15, 0.2) is 47.5 Å². The van der Waals surface area contributed by atoms with Crippen molar-refractivity contribution in [3.05, 3.63) is 69.6 Å². The second-order valence-corrected chi connectivity index (χ2v) is 7.03. The number of nitrogens with zero attached hydrogens (tertiary/aromatic N) is 3. The molecule has 6 nitrogen and oxygen atoms in total. The molecular formula is C21H19ClFN3O3. The predicted molar refractivity (Wildman–Crippen MR) is 112 cm³/mol. The molecule has 0 unspecified atom stereocenters. The van der Waals surface area contributed by atoms with Gasteiger partial charge in [-0.3, -0.25) is 4.79 Å². The van der Waals surface area contributed by atoms with Gasteiger partial charge in [0.25, 0.3) is 5.56 Å². The first-order chi connectivity index (χ1) is 13.6. The topological polar surface area (TPSA) is 75.4 Å². The van der Waals surface area contributed by atoms with Crippen molar-refractivity contribution in [3.8, 4) is 11.1 Å². The van der Waals surface area contributed by atoms with E-state index in [1.807, 2.05) is 6.92 Å². The monoisotopic (exact) mass is 415 g/mol. The van der Waals surface area contributed by atoms with E-state index >= 15 is 0 Å². The maximum atomic E-state index is 14.6. The molecule has 0 radical (unpaired) electrons. The Bertz CT molecular complexity index is 1210. The summed E-state index contributed by atoms with van der Waals surface area (Å²) in [4.78, 5) is 29.6. The lowest BCUT2D eigenvalue weighted by molar-refractivity contribution is 0.203. The highest BCUT2D eigenvalue weighted by Gasteiger charge is 2.22. The van der Waals surface area contributed by atoms with Crippen LogP contribution in [0.25, 0.3) is 22.0 Å². The van der Waals surface area contributed by atoms with Gasteiger partial charge in [-0.05, 0) is 56.2 Å². The first-order valence-corrected chi connectivity index (χ1v) is 9.21. The molecule has 0 fully saturated rings. The molecule has 29 heavy (non-hydrogen) atoms. The smallest absolute Gasteiger partial charge is 0.416 e. The van der Waals surface area contributed by atoms with E-state index in [0.717, 1.165) is 4.90 Å². The van der Waals surface area contributed by atoms with Crippen molar-refractivity contribution in [2.24, 2.45) is 0 Å². The van der Waals surface area contributed by atoms with Gasteiger partial charge in [0, 0.05) is 29.4 Å². The summed E-state index contributed by atoms with van der Waals surface area (Å²) in [6, 6.07) is 5.84. The fraction of sp³-hybridized carbons (Fsp3) is 0.190. The molecule has 0 saturated heterocycles. The van der Waals surface area contributed by atoms with E-state index in [0.29, 0.717) is 34.1 Å². The van der Waals surface area contributed by atoms with Gasteiger partial charge < -0.3 is 9.67 Å². The van der Waals surface area contributed by atoms with E-state index in [2.05, 4.69) is 11.6 Å². The Morgan fingerprint density at radius 2 is 2.00 bits per heavy atom. The summed E-state index contributed by atoms with van der Waals surface area (Å²) >= 11 is 5.98. The van der Waals surface area contributed by atoms with E-state index in [-0.39, 0.29) is 22.1 Å². The number of carboxylic acid groups (broad SMARTS) is 1. The zero-order valence-corrected chi connectivity index (χ0v) is 16.9. The zero-order valence-electron chi connectivity index (χ0n) is 16.2. The van der Waals surface area contributed by atoms with Crippen LogP contribution in [0.5, 0.6) is 0 Å². The summed E-state index contributed by atoms with van der Waals surface area (Å²) in [5.41, 5.74) is 1.53. The molecule has 8 heteroatoms. The van der Waals surface area contributed by atoms with Gasteiger partial charge in [-0.15, -0.1) is 0 Å². The lowest BCUT2D eigenvalue weighted by atomic mass is 9.99. The molecule has 0 bridgehead atoms. The van der Waals surface area contributed by atoms with Gasteiger partial charge >= 0.3 is 6.09 Å². The molecule has 0 saturated carbocycles. The molecule has 1 N–H and O–H groups in total. The van der Waals surface area contributed by atoms with Gasteiger partial charge in [-0.25, -0.2) is 19.1 Å². The van der Waals surface area contributed by atoms with Gasteiger partial charge in [0.1, 0.15) is 11.0 Å². The average molecular weight is 416 g/mol. The Balaban J connectivity index is 2.35. The Labute approximate surface area is 171 Å². The molecule has 0 aliphatic heterocycles. The highest BCUT2D eigenvalue weighted by Crippen LogP contribution is 2.32. The maximum absolute atomic E-state index is 14.6. The Morgan fingerprint density at radius 3 is 2.59 bits per heavy atom. The van der Waals surface area contributed by atoms with Crippen LogP contribution in [0, 0.1) is 12.7 Å². The lowest BCUT2D eigenvalue weighted by Crippen LogP contribution is -2.28. The summed E-state index contributed by atoms with van der Waals surface area (Å²) in [6.07, 6.45) is 0.193. The number of anilines is 1. The minimum Gasteiger partial charge on any atom is -0.464 e. The standard InChI is InChI=1S/C21H19ClFN3O3/c1-5-25-17-9-19(22)24-10-13(17)7-15(20(25)27)14-8-18(16(23)6-12(14)4)26(11(2)3)21(28)29/h6-10H,2,5H2,1,3-4H3,(H,28,29). The second kappa shape index (κ2) is 7.67. The van der Waals surface area contributed by atoms with Gasteiger partial charge in [-0.1, -0.05) is 18.2 Å². The molecule has 2 aromatic heterocycles.